The first-order valence-electron chi connectivity index (χ1n) is 8.38. The number of rotatable bonds is 3. The van der Waals surface area contributed by atoms with Crippen LogP contribution in [0.25, 0.3) is 5.69 Å². The molecule has 27 heavy (non-hydrogen) atoms. The van der Waals surface area contributed by atoms with Crippen LogP contribution in [0.5, 0.6) is 5.88 Å². The fraction of sp³-hybridized carbons (Fsp3) is 0.211. The molecule has 0 amide bonds. The number of hydrogen-bond donors (Lipinski definition) is 1. The number of fused-ring (bicyclic) bond motifs is 1. The molecule has 8 heteroatoms. The van der Waals surface area contributed by atoms with Crippen LogP contribution >= 0.6 is 0 Å². The number of carbonyl (C=O) groups is 1. The molecule has 3 heterocycles. The average molecular weight is 365 g/mol. The van der Waals surface area contributed by atoms with Crippen molar-refractivity contribution >= 4 is 5.97 Å². The zero-order chi connectivity index (χ0) is 19.1. The normalized spacial score (nSPS) is 16.0. The number of ether oxygens (including phenoxy) is 2. The number of hydrogen-bond acceptors (Lipinski definition) is 6. The van der Waals surface area contributed by atoms with Crippen molar-refractivity contribution < 1.29 is 14.3 Å². The standard InChI is InChI=1S/C19H19N5O3/c1-11-14-15(12-4-6-13(7-5-12)24-9-8-21-10-24)16(19(25)26-3)17(20)27-18(14)23(2)22-11/h4-10,15H,20H2,1-3H3. The Kier molecular flexibility index (Phi) is 3.95. The molecule has 2 aromatic heterocycles. The lowest BCUT2D eigenvalue weighted by molar-refractivity contribution is -0.136. The van der Waals surface area contributed by atoms with Gasteiger partial charge in [0.25, 0.3) is 0 Å². The fourth-order valence-electron chi connectivity index (χ4n) is 3.46. The lowest BCUT2D eigenvalue weighted by Gasteiger charge is -2.26. The molecule has 4 rings (SSSR count). The van der Waals surface area contributed by atoms with E-state index in [1.165, 1.54) is 7.11 Å². The molecule has 1 atom stereocenters. The van der Waals surface area contributed by atoms with E-state index in [4.69, 9.17) is 15.2 Å². The van der Waals surface area contributed by atoms with E-state index in [0.717, 1.165) is 22.5 Å². The molecule has 0 fully saturated rings. The fourth-order valence-corrected chi connectivity index (χ4v) is 3.46. The Morgan fingerprint density at radius 3 is 2.67 bits per heavy atom. The third kappa shape index (κ3) is 2.66. The van der Waals surface area contributed by atoms with Crippen LogP contribution in [-0.4, -0.2) is 32.4 Å². The van der Waals surface area contributed by atoms with E-state index in [2.05, 4.69) is 10.1 Å². The third-order valence-corrected chi connectivity index (χ3v) is 4.70. The first-order valence-corrected chi connectivity index (χ1v) is 8.38. The first-order chi connectivity index (χ1) is 13.0. The molecule has 1 aliphatic heterocycles. The average Bonchev–Trinajstić information content (AvgIpc) is 3.29. The van der Waals surface area contributed by atoms with Crippen molar-refractivity contribution in [2.45, 2.75) is 12.8 Å². The van der Waals surface area contributed by atoms with Crippen LogP contribution in [0.2, 0.25) is 0 Å². The van der Waals surface area contributed by atoms with E-state index >= 15 is 0 Å². The molecule has 138 valence electrons. The maximum atomic E-state index is 12.5. The highest BCUT2D eigenvalue weighted by molar-refractivity contribution is 5.92. The molecule has 1 aromatic carbocycles. The molecule has 0 aliphatic carbocycles. The van der Waals surface area contributed by atoms with Crippen molar-refractivity contribution in [1.82, 2.24) is 19.3 Å². The number of methoxy groups -OCH3 is 1. The van der Waals surface area contributed by atoms with Gasteiger partial charge in [-0.15, -0.1) is 0 Å². The van der Waals surface area contributed by atoms with Gasteiger partial charge >= 0.3 is 5.97 Å². The molecule has 1 aliphatic rings. The summed E-state index contributed by atoms with van der Waals surface area (Å²) in [6, 6.07) is 7.83. The summed E-state index contributed by atoms with van der Waals surface area (Å²) in [4.78, 5) is 16.5. The summed E-state index contributed by atoms with van der Waals surface area (Å²) in [6.07, 6.45) is 5.31. The minimum Gasteiger partial charge on any atom is -0.465 e. The largest absolute Gasteiger partial charge is 0.465 e. The monoisotopic (exact) mass is 365 g/mol. The maximum Gasteiger partial charge on any atom is 0.340 e. The molecular formula is C19H19N5O3. The summed E-state index contributed by atoms with van der Waals surface area (Å²) in [5.41, 5.74) is 9.79. The number of aryl methyl sites for hydroxylation is 2. The summed E-state index contributed by atoms with van der Waals surface area (Å²) >= 11 is 0. The second kappa shape index (κ2) is 6.31. The van der Waals surface area contributed by atoms with Crippen LogP contribution < -0.4 is 10.5 Å². The zero-order valence-electron chi connectivity index (χ0n) is 15.2. The predicted molar refractivity (Wildman–Crippen MR) is 97.2 cm³/mol. The van der Waals surface area contributed by atoms with Crippen molar-refractivity contribution in [1.29, 1.82) is 0 Å². The van der Waals surface area contributed by atoms with E-state index in [1.54, 1.807) is 24.3 Å². The van der Waals surface area contributed by atoms with Gasteiger partial charge in [-0.3, -0.25) is 0 Å². The van der Waals surface area contributed by atoms with Crippen LogP contribution in [0.15, 0.2) is 54.4 Å². The number of nitrogens with two attached hydrogens (primary N) is 1. The predicted octanol–water partition coefficient (Wildman–Crippen LogP) is 1.78. The summed E-state index contributed by atoms with van der Waals surface area (Å²) in [5.74, 6) is -0.390. The van der Waals surface area contributed by atoms with Crippen molar-refractivity contribution in [2.24, 2.45) is 12.8 Å². The summed E-state index contributed by atoms with van der Waals surface area (Å²) in [5, 5.41) is 4.43. The van der Waals surface area contributed by atoms with E-state index in [1.807, 2.05) is 42.0 Å². The Labute approximate surface area is 155 Å². The van der Waals surface area contributed by atoms with Gasteiger partial charge in [0, 0.05) is 30.7 Å². The molecule has 0 radical (unpaired) electrons. The molecule has 0 bridgehead atoms. The number of nitrogens with zero attached hydrogens (tertiary/aromatic N) is 4. The Hall–Kier alpha value is -3.55. The minimum absolute atomic E-state index is 0.0287. The second-order valence-corrected chi connectivity index (χ2v) is 6.29. The summed E-state index contributed by atoms with van der Waals surface area (Å²) in [6.45, 7) is 1.88. The third-order valence-electron chi connectivity index (χ3n) is 4.70. The van der Waals surface area contributed by atoms with E-state index in [9.17, 15) is 4.79 Å². The van der Waals surface area contributed by atoms with E-state index < -0.39 is 11.9 Å². The van der Waals surface area contributed by atoms with Crippen molar-refractivity contribution in [3.05, 3.63) is 71.3 Å². The van der Waals surface area contributed by atoms with Gasteiger partial charge in [-0.2, -0.15) is 5.10 Å². The number of carbonyl (C=O) groups excluding carboxylic acids is 1. The molecule has 1 unspecified atom stereocenters. The van der Waals surface area contributed by atoms with Gasteiger partial charge < -0.3 is 19.8 Å². The molecule has 3 aromatic rings. The lowest BCUT2D eigenvalue weighted by Crippen LogP contribution is -2.27. The molecule has 8 nitrogen and oxygen atoms in total. The second-order valence-electron chi connectivity index (χ2n) is 6.29. The van der Waals surface area contributed by atoms with Gasteiger partial charge in [0.15, 0.2) is 0 Å². The van der Waals surface area contributed by atoms with Gasteiger partial charge in [0.2, 0.25) is 11.8 Å². The Bertz CT molecular complexity index is 1030. The number of esters is 1. The Balaban J connectivity index is 1.86. The van der Waals surface area contributed by atoms with E-state index in [-0.39, 0.29) is 11.5 Å². The van der Waals surface area contributed by atoms with Crippen LogP contribution in [0.1, 0.15) is 22.7 Å². The van der Waals surface area contributed by atoms with Crippen LogP contribution in [0.4, 0.5) is 0 Å². The highest BCUT2D eigenvalue weighted by atomic mass is 16.5. The van der Waals surface area contributed by atoms with E-state index in [0.29, 0.717) is 5.88 Å². The topological polar surface area (TPSA) is 97.2 Å². The Morgan fingerprint density at radius 2 is 2.04 bits per heavy atom. The van der Waals surface area contributed by atoms with Crippen molar-refractivity contribution in [3.8, 4) is 11.6 Å². The lowest BCUT2D eigenvalue weighted by atomic mass is 9.83. The van der Waals surface area contributed by atoms with Gasteiger partial charge in [0.05, 0.1) is 25.0 Å². The van der Waals surface area contributed by atoms with Crippen molar-refractivity contribution in [2.75, 3.05) is 7.11 Å². The molecule has 2 N–H and O–H groups in total. The maximum absolute atomic E-state index is 12.5. The van der Waals surface area contributed by atoms with Gasteiger partial charge in [0.1, 0.15) is 5.57 Å². The van der Waals surface area contributed by atoms with Crippen LogP contribution in [0, 0.1) is 6.92 Å². The molecule has 0 saturated carbocycles. The van der Waals surface area contributed by atoms with Crippen LogP contribution in [-0.2, 0) is 16.6 Å². The number of aromatic nitrogens is 4. The smallest absolute Gasteiger partial charge is 0.340 e. The highest BCUT2D eigenvalue weighted by Gasteiger charge is 2.38. The van der Waals surface area contributed by atoms with Gasteiger partial charge in [-0.05, 0) is 24.6 Å². The zero-order valence-corrected chi connectivity index (χ0v) is 15.2. The number of imidazole rings is 1. The molecule has 0 saturated heterocycles. The van der Waals surface area contributed by atoms with Gasteiger partial charge in [-0.25, -0.2) is 14.5 Å². The molecular weight excluding hydrogens is 346 g/mol. The first kappa shape index (κ1) is 16.9. The minimum atomic E-state index is -0.523. The number of benzene rings is 1. The highest BCUT2D eigenvalue weighted by Crippen LogP contribution is 2.44. The molecule has 0 spiro atoms. The van der Waals surface area contributed by atoms with Crippen LogP contribution in [0.3, 0.4) is 0 Å². The Morgan fingerprint density at radius 1 is 1.30 bits per heavy atom. The quantitative estimate of drug-likeness (QED) is 0.711. The summed E-state index contributed by atoms with van der Waals surface area (Å²) in [7, 11) is 3.11. The van der Waals surface area contributed by atoms with Gasteiger partial charge in [-0.1, -0.05) is 12.1 Å². The SMILES string of the molecule is COC(=O)C1=C(N)Oc2c(c(C)nn2C)C1c1ccc(-n2ccnc2)cc1. The van der Waals surface area contributed by atoms with Crippen molar-refractivity contribution in [3.63, 3.8) is 0 Å². The summed E-state index contributed by atoms with van der Waals surface area (Å²) < 4.78 is 14.2.